The number of hydrogen-bond donors (Lipinski definition) is 1. The standard InChI is InChI=1S/C17H29NO/c1-5-10-14(3)13-16(18-6-2)17(19-4)15-11-8-7-9-12-15/h7-9,11-12,14,16-18H,5-6,10,13H2,1-4H3. The maximum Gasteiger partial charge on any atom is 0.0974 e. The van der Waals surface area contributed by atoms with Gasteiger partial charge in [-0.3, -0.25) is 0 Å². The van der Waals surface area contributed by atoms with E-state index in [0.717, 1.165) is 18.9 Å². The molecule has 0 saturated carbocycles. The molecular weight excluding hydrogens is 234 g/mol. The van der Waals surface area contributed by atoms with E-state index in [1.165, 1.54) is 18.4 Å². The first-order chi connectivity index (χ1) is 9.22. The van der Waals surface area contributed by atoms with E-state index in [-0.39, 0.29) is 6.10 Å². The van der Waals surface area contributed by atoms with Crippen LogP contribution in [-0.2, 0) is 4.74 Å². The highest BCUT2D eigenvalue weighted by Crippen LogP contribution is 2.26. The Morgan fingerprint density at radius 1 is 1.16 bits per heavy atom. The van der Waals surface area contributed by atoms with Crippen LogP contribution in [0.2, 0.25) is 0 Å². The van der Waals surface area contributed by atoms with Crippen LogP contribution in [0.5, 0.6) is 0 Å². The van der Waals surface area contributed by atoms with Gasteiger partial charge in [-0.25, -0.2) is 0 Å². The lowest BCUT2D eigenvalue weighted by Gasteiger charge is -2.29. The minimum absolute atomic E-state index is 0.139. The van der Waals surface area contributed by atoms with Gasteiger partial charge in [0.15, 0.2) is 0 Å². The topological polar surface area (TPSA) is 21.3 Å². The molecule has 1 rings (SSSR count). The third-order valence-electron chi connectivity index (χ3n) is 3.65. The number of benzene rings is 1. The molecule has 1 aromatic rings. The van der Waals surface area contributed by atoms with Gasteiger partial charge in [0.1, 0.15) is 0 Å². The number of likely N-dealkylation sites (N-methyl/N-ethyl adjacent to an activating group) is 1. The van der Waals surface area contributed by atoms with Crippen LogP contribution in [0.4, 0.5) is 0 Å². The van der Waals surface area contributed by atoms with Crippen molar-refractivity contribution in [3.63, 3.8) is 0 Å². The maximum absolute atomic E-state index is 5.77. The fourth-order valence-corrected chi connectivity index (χ4v) is 2.80. The number of nitrogens with one attached hydrogen (secondary N) is 1. The van der Waals surface area contributed by atoms with Crippen molar-refractivity contribution in [3.8, 4) is 0 Å². The highest BCUT2D eigenvalue weighted by Gasteiger charge is 2.23. The van der Waals surface area contributed by atoms with Crippen molar-refractivity contribution in [2.24, 2.45) is 5.92 Å². The van der Waals surface area contributed by atoms with Crippen LogP contribution < -0.4 is 5.32 Å². The van der Waals surface area contributed by atoms with Gasteiger partial charge >= 0.3 is 0 Å². The van der Waals surface area contributed by atoms with Gasteiger partial charge in [-0.2, -0.15) is 0 Å². The zero-order valence-electron chi connectivity index (χ0n) is 12.9. The van der Waals surface area contributed by atoms with Gasteiger partial charge in [0, 0.05) is 13.2 Å². The lowest BCUT2D eigenvalue weighted by Crippen LogP contribution is -2.37. The zero-order chi connectivity index (χ0) is 14.1. The highest BCUT2D eigenvalue weighted by molar-refractivity contribution is 5.19. The van der Waals surface area contributed by atoms with E-state index in [1.54, 1.807) is 0 Å². The van der Waals surface area contributed by atoms with Crippen LogP contribution in [0, 0.1) is 5.92 Å². The summed E-state index contributed by atoms with van der Waals surface area (Å²) in [4.78, 5) is 0. The molecule has 1 N–H and O–H groups in total. The average molecular weight is 263 g/mol. The molecule has 0 aliphatic carbocycles. The molecule has 2 nitrogen and oxygen atoms in total. The molecule has 0 aromatic heterocycles. The Bertz CT molecular complexity index is 325. The zero-order valence-corrected chi connectivity index (χ0v) is 12.9. The van der Waals surface area contributed by atoms with E-state index in [1.807, 2.05) is 7.11 Å². The Hall–Kier alpha value is -0.860. The Kier molecular flexibility index (Phi) is 7.76. The third kappa shape index (κ3) is 5.33. The molecule has 0 spiro atoms. The third-order valence-corrected chi connectivity index (χ3v) is 3.65. The van der Waals surface area contributed by atoms with Crippen LogP contribution in [0.1, 0.15) is 51.7 Å². The average Bonchev–Trinajstić information content (AvgIpc) is 2.41. The molecule has 2 heteroatoms. The lowest BCUT2D eigenvalue weighted by molar-refractivity contribution is 0.0598. The molecule has 0 bridgehead atoms. The molecule has 0 fully saturated rings. The second-order valence-corrected chi connectivity index (χ2v) is 5.36. The quantitative estimate of drug-likeness (QED) is 0.721. The largest absolute Gasteiger partial charge is 0.375 e. The first kappa shape index (κ1) is 16.2. The SMILES string of the molecule is CCCC(C)CC(NCC)C(OC)c1ccccc1. The molecule has 0 aliphatic heterocycles. The molecule has 3 unspecified atom stereocenters. The number of hydrogen-bond acceptors (Lipinski definition) is 2. The van der Waals surface area contributed by atoms with Crippen molar-refractivity contribution in [1.82, 2.24) is 5.32 Å². The van der Waals surface area contributed by atoms with Crippen molar-refractivity contribution in [2.45, 2.75) is 52.2 Å². The molecule has 1 aromatic carbocycles. The van der Waals surface area contributed by atoms with Crippen molar-refractivity contribution >= 4 is 0 Å². The Labute approximate surface area is 118 Å². The summed E-state index contributed by atoms with van der Waals surface area (Å²) in [5.41, 5.74) is 1.26. The van der Waals surface area contributed by atoms with Crippen LogP contribution >= 0.6 is 0 Å². The van der Waals surface area contributed by atoms with E-state index in [2.05, 4.69) is 56.4 Å². The van der Waals surface area contributed by atoms with Gasteiger partial charge in [0.05, 0.1) is 6.10 Å². The van der Waals surface area contributed by atoms with Crippen molar-refractivity contribution in [1.29, 1.82) is 0 Å². The molecule has 0 amide bonds. The van der Waals surface area contributed by atoms with Crippen molar-refractivity contribution < 1.29 is 4.74 Å². The maximum atomic E-state index is 5.77. The highest BCUT2D eigenvalue weighted by atomic mass is 16.5. The van der Waals surface area contributed by atoms with Gasteiger partial charge in [0.2, 0.25) is 0 Å². The molecule has 3 atom stereocenters. The van der Waals surface area contributed by atoms with Gasteiger partial charge in [-0.15, -0.1) is 0 Å². The lowest BCUT2D eigenvalue weighted by atomic mass is 9.91. The summed E-state index contributed by atoms with van der Waals surface area (Å²) < 4.78 is 5.77. The second-order valence-electron chi connectivity index (χ2n) is 5.36. The second kappa shape index (κ2) is 9.11. The van der Waals surface area contributed by atoms with Gasteiger partial charge in [0.25, 0.3) is 0 Å². The van der Waals surface area contributed by atoms with Gasteiger partial charge in [-0.1, -0.05) is 63.9 Å². The number of rotatable bonds is 9. The monoisotopic (exact) mass is 263 g/mol. The fourth-order valence-electron chi connectivity index (χ4n) is 2.80. The molecule has 0 radical (unpaired) electrons. The summed E-state index contributed by atoms with van der Waals surface area (Å²) in [6.07, 6.45) is 3.84. The smallest absolute Gasteiger partial charge is 0.0974 e. The summed E-state index contributed by atoms with van der Waals surface area (Å²) in [6, 6.07) is 10.9. The Balaban J connectivity index is 2.76. The van der Waals surface area contributed by atoms with E-state index in [9.17, 15) is 0 Å². The van der Waals surface area contributed by atoms with E-state index < -0.39 is 0 Å². The van der Waals surface area contributed by atoms with E-state index in [4.69, 9.17) is 4.74 Å². The fraction of sp³-hybridized carbons (Fsp3) is 0.647. The first-order valence-electron chi connectivity index (χ1n) is 7.54. The van der Waals surface area contributed by atoms with Crippen LogP contribution in [0.15, 0.2) is 30.3 Å². The minimum Gasteiger partial charge on any atom is -0.375 e. The molecular formula is C17H29NO. The van der Waals surface area contributed by atoms with Crippen LogP contribution in [0.25, 0.3) is 0 Å². The Morgan fingerprint density at radius 3 is 2.37 bits per heavy atom. The summed E-state index contributed by atoms with van der Waals surface area (Å²) in [5.74, 6) is 0.732. The molecule has 0 saturated heterocycles. The van der Waals surface area contributed by atoms with Crippen LogP contribution in [0.3, 0.4) is 0 Å². The molecule has 19 heavy (non-hydrogen) atoms. The summed E-state index contributed by atoms with van der Waals surface area (Å²) in [6.45, 7) is 7.74. The molecule has 0 heterocycles. The number of methoxy groups -OCH3 is 1. The van der Waals surface area contributed by atoms with Crippen LogP contribution in [-0.4, -0.2) is 19.7 Å². The molecule has 0 aliphatic rings. The van der Waals surface area contributed by atoms with Gasteiger partial charge in [-0.05, 0) is 24.4 Å². The van der Waals surface area contributed by atoms with Gasteiger partial charge < -0.3 is 10.1 Å². The van der Waals surface area contributed by atoms with Crippen molar-refractivity contribution in [2.75, 3.05) is 13.7 Å². The Morgan fingerprint density at radius 2 is 1.84 bits per heavy atom. The van der Waals surface area contributed by atoms with E-state index >= 15 is 0 Å². The normalized spacial score (nSPS) is 16.0. The predicted octanol–water partition coefficient (Wildman–Crippen LogP) is 4.18. The first-order valence-corrected chi connectivity index (χ1v) is 7.54. The van der Waals surface area contributed by atoms with Crippen molar-refractivity contribution in [3.05, 3.63) is 35.9 Å². The number of ether oxygens (including phenoxy) is 1. The predicted molar refractivity (Wildman–Crippen MR) is 82.3 cm³/mol. The van der Waals surface area contributed by atoms with E-state index in [0.29, 0.717) is 6.04 Å². The summed E-state index contributed by atoms with van der Waals surface area (Å²) in [5, 5.41) is 3.60. The molecule has 108 valence electrons. The summed E-state index contributed by atoms with van der Waals surface area (Å²) >= 11 is 0. The minimum atomic E-state index is 0.139. The summed E-state index contributed by atoms with van der Waals surface area (Å²) in [7, 11) is 1.81.